The molecule has 0 aromatic carbocycles. The summed E-state index contributed by atoms with van der Waals surface area (Å²) in [5.74, 6) is 0.800. The van der Waals surface area contributed by atoms with E-state index in [0.29, 0.717) is 6.54 Å². The third kappa shape index (κ3) is 4.08. The molecule has 2 aliphatic rings. The monoisotopic (exact) mass is 269 g/mol. The first-order valence-electron chi connectivity index (χ1n) is 7.59. The lowest BCUT2D eigenvalue weighted by Crippen LogP contribution is -2.45. The van der Waals surface area contributed by atoms with Crippen LogP contribution in [0.25, 0.3) is 0 Å². The molecule has 110 valence electrons. The van der Waals surface area contributed by atoms with E-state index in [9.17, 15) is 9.90 Å². The van der Waals surface area contributed by atoms with Crippen LogP contribution >= 0.6 is 0 Å². The van der Waals surface area contributed by atoms with Crippen LogP contribution in [-0.2, 0) is 0 Å². The smallest absolute Gasteiger partial charge is 0.317 e. The zero-order valence-corrected chi connectivity index (χ0v) is 12.0. The second-order valence-electron chi connectivity index (χ2n) is 5.97. The van der Waals surface area contributed by atoms with Gasteiger partial charge in [-0.25, -0.2) is 4.79 Å². The molecule has 0 aromatic heterocycles. The summed E-state index contributed by atoms with van der Waals surface area (Å²) in [6, 6.07) is 0.0314. The molecular formula is C14H27N3O2. The van der Waals surface area contributed by atoms with Gasteiger partial charge in [0.05, 0.1) is 5.60 Å². The fraction of sp³-hybridized carbons (Fsp3) is 0.929. The van der Waals surface area contributed by atoms with Crippen molar-refractivity contribution in [1.82, 2.24) is 15.5 Å². The molecule has 3 N–H and O–H groups in total. The van der Waals surface area contributed by atoms with Gasteiger partial charge in [-0.1, -0.05) is 13.3 Å². The molecule has 1 saturated carbocycles. The Morgan fingerprint density at radius 2 is 2.21 bits per heavy atom. The molecule has 0 atom stereocenters. The first kappa shape index (κ1) is 14.6. The summed E-state index contributed by atoms with van der Waals surface area (Å²) in [6.45, 7) is 5.91. The first-order chi connectivity index (χ1) is 9.13. The van der Waals surface area contributed by atoms with Crippen LogP contribution in [0.15, 0.2) is 0 Å². The highest BCUT2D eigenvalue weighted by Gasteiger charge is 2.32. The van der Waals surface area contributed by atoms with Gasteiger partial charge >= 0.3 is 6.03 Å². The highest BCUT2D eigenvalue weighted by molar-refractivity contribution is 5.76. The van der Waals surface area contributed by atoms with Gasteiger partial charge in [-0.05, 0) is 31.6 Å². The van der Waals surface area contributed by atoms with Crippen molar-refractivity contribution < 1.29 is 9.90 Å². The standard InChI is InChI=1S/C14H27N3O2/c1-2-12-3-5-14(19,6-4-12)11-15-7-9-17-10-8-16-13(17)18/h12,15,19H,2-11H2,1H3,(H,16,18). The summed E-state index contributed by atoms with van der Waals surface area (Å²) < 4.78 is 0. The van der Waals surface area contributed by atoms with Gasteiger partial charge in [0.25, 0.3) is 0 Å². The van der Waals surface area contributed by atoms with Gasteiger partial charge in [0.15, 0.2) is 0 Å². The first-order valence-corrected chi connectivity index (χ1v) is 7.59. The Balaban J connectivity index is 1.61. The van der Waals surface area contributed by atoms with E-state index in [2.05, 4.69) is 17.6 Å². The summed E-state index contributed by atoms with van der Waals surface area (Å²) in [5.41, 5.74) is -0.529. The maximum absolute atomic E-state index is 11.3. The Kier molecular flexibility index (Phi) is 5.05. The second kappa shape index (κ2) is 6.57. The summed E-state index contributed by atoms with van der Waals surface area (Å²) in [7, 11) is 0. The minimum Gasteiger partial charge on any atom is -0.389 e. The van der Waals surface area contributed by atoms with Gasteiger partial charge < -0.3 is 20.6 Å². The molecule has 1 aliphatic carbocycles. The molecule has 5 heteroatoms. The number of hydrogen-bond donors (Lipinski definition) is 3. The number of hydrogen-bond acceptors (Lipinski definition) is 3. The molecule has 2 amide bonds. The van der Waals surface area contributed by atoms with Crippen molar-refractivity contribution in [2.75, 3.05) is 32.7 Å². The van der Waals surface area contributed by atoms with E-state index in [1.54, 1.807) is 0 Å². The molecule has 5 nitrogen and oxygen atoms in total. The predicted molar refractivity (Wildman–Crippen MR) is 75.0 cm³/mol. The minimum atomic E-state index is -0.529. The number of urea groups is 1. The van der Waals surface area contributed by atoms with Gasteiger partial charge in [-0.15, -0.1) is 0 Å². The van der Waals surface area contributed by atoms with Crippen LogP contribution in [0.3, 0.4) is 0 Å². The Bertz CT molecular complexity index is 301. The summed E-state index contributed by atoms with van der Waals surface area (Å²) in [5, 5.41) is 16.6. The summed E-state index contributed by atoms with van der Waals surface area (Å²) in [6.07, 6.45) is 5.32. The number of rotatable bonds is 6. The molecule has 2 rings (SSSR count). The zero-order valence-electron chi connectivity index (χ0n) is 12.0. The van der Waals surface area contributed by atoms with Gasteiger partial charge in [0, 0.05) is 32.7 Å². The van der Waals surface area contributed by atoms with Crippen molar-refractivity contribution in [3.05, 3.63) is 0 Å². The number of nitrogens with zero attached hydrogens (tertiary/aromatic N) is 1. The van der Waals surface area contributed by atoms with Crippen LogP contribution in [0.1, 0.15) is 39.0 Å². The third-order valence-electron chi connectivity index (χ3n) is 4.57. The summed E-state index contributed by atoms with van der Waals surface area (Å²) in [4.78, 5) is 13.2. The van der Waals surface area contributed by atoms with Crippen LogP contribution in [0, 0.1) is 5.92 Å². The Hall–Kier alpha value is -0.810. The maximum Gasteiger partial charge on any atom is 0.317 e. The van der Waals surface area contributed by atoms with E-state index in [0.717, 1.165) is 57.8 Å². The third-order valence-corrected chi connectivity index (χ3v) is 4.57. The van der Waals surface area contributed by atoms with Crippen LogP contribution < -0.4 is 10.6 Å². The molecule has 1 aliphatic heterocycles. The highest BCUT2D eigenvalue weighted by atomic mass is 16.3. The van der Waals surface area contributed by atoms with Crippen molar-refractivity contribution in [3.63, 3.8) is 0 Å². The molecule has 0 unspecified atom stereocenters. The number of carbonyl (C=O) groups is 1. The molecule has 2 fully saturated rings. The highest BCUT2D eigenvalue weighted by Crippen LogP contribution is 2.33. The van der Waals surface area contributed by atoms with Crippen molar-refractivity contribution in [1.29, 1.82) is 0 Å². The lowest BCUT2D eigenvalue weighted by Gasteiger charge is -2.36. The summed E-state index contributed by atoms with van der Waals surface area (Å²) >= 11 is 0. The van der Waals surface area contributed by atoms with E-state index >= 15 is 0 Å². The molecular weight excluding hydrogens is 242 g/mol. The quantitative estimate of drug-likeness (QED) is 0.629. The van der Waals surface area contributed by atoms with E-state index in [-0.39, 0.29) is 6.03 Å². The average molecular weight is 269 g/mol. The maximum atomic E-state index is 11.3. The zero-order chi connectivity index (χ0) is 13.7. The van der Waals surface area contributed by atoms with Gasteiger partial charge in [-0.3, -0.25) is 0 Å². The molecule has 1 saturated heterocycles. The van der Waals surface area contributed by atoms with Crippen molar-refractivity contribution in [3.8, 4) is 0 Å². The van der Waals surface area contributed by atoms with Crippen molar-refractivity contribution >= 4 is 6.03 Å². The molecule has 0 aromatic rings. The van der Waals surface area contributed by atoms with Crippen LogP contribution in [-0.4, -0.2) is 54.4 Å². The van der Waals surface area contributed by atoms with E-state index in [1.165, 1.54) is 6.42 Å². The average Bonchev–Trinajstić information content (AvgIpc) is 2.81. The topological polar surface area (TPSA) is 64.6 Å². The molecule has 19 heavy (non-hydrogen) atoms. The minimum absolute atomic E-state index is 0.0314. The number of nitrogens with one attached hydrogen (secondary N) is 2. The SMILES string of the molecule is CCC1CCC(O)(CNCCN2CCNC2=O)CC1. The van der Waals surface area contributed by atoms with Crippen LogP contribution in [0.2, 0.25) is 0 Å². The van der Waals surface area contributed by atoms with E-state index in [4.69, 9.17) is 0 Å². The molecule has 0 radical (unpaired) electrons. The molecule has 1 heterocycles. The van der Waals surface area contributed by atoms with Crippen molar-refractivity contribution in [2.24, 2.45) is 5.92 Å². The fourth-order valence-corrected chi connectivity index (χ4v) is 3.06. The Morgan fingerprint density at radius 3 is 2.79 bits per heavy atom. The Labute approximate surface area is 115 Å². The number of carbonyl (C=O) groups excluding carboxylic acids is 1. The van der Waals surface area contributed by atoms with Crippen LogP contribution in [0.4, 0.5) is 4.79 Å². The molecule has 0 bridgehead atoms. The van der Waals surface area contributed by atoms with E-state index < -0.39 is 5.60 Å². The Morgan fingerprint density at radius 1 is 1.47 bits per heavy atom. The lowest BCUT2D eigenvalue weighted by molar-refractivity contribution is -0.00856. The van der Waals surface area contributed by atoms with Crippen molar-refractivity contribution in [2.45, 2.75) is 44.6 Å². The number of aliphatic hydroxyl groups is 1. The molecule has 0 spiro atoms. The normalized spacial score (nSPS) is 31.6. The lowest BCUT2D eigenvalue weighted by atomic mass is 9.78. The largest absolute Gasteiger partial charge is 0.389 e. The van der Waals surface area contributed by atoms with Crippen LogP contribution in [0.5, 0.6) is 0 Å². The van der Waals surface area contributed by atoms with Gasteiger partial charge in [-0.2, -0.15) is 0 Å². The van der Waals surface area contributed by atoms with Gasteiger partial charge in [0.2, 0.25) is 0 Å². The predicted octanol–water partition coefficient (Wildman–Crippen LogP) is 0.932. The second-order valence-corrected chi connectivity index (χ2v) is 5.97. The fourth-order valence-electron chi connectivity index (χ4n) is 3.06. The van der Waals surface area contributed by atoms with Gasteiger partial charge in [0.1, 0.15) is 0 Å². The number of amides is 2. The van der Waals surface area contributed by atoms with E-state index in [1.807, 2.05) is 4.90 Å².